The van der Waals surface area contributed by atoms with E-state index >= 15 is 0 Å². The summed E-state index contributed by atoms with van der Waals surface area (Å²) in [6, 6.07) is 9.86. The summed E-state index contributed by atoms with van der Waals surface area (Å²) in [6.45, 7) is 10.3. The zero-order valence-corrected chi connectivity index (χ0v) is 17.7. The van der Waals surface area contributed by atoms with Crippen molar-refractivity contribution in [2.24, 2.45) is 4.99 Å². The topological polar surface area (TPSA) is 63.9 Å². The maximum Gasteiger partial charge on any atom is 0.194 e. The van der Waals surface area contributed by atoms with Gasteiger partial charge in [0.2, 0.25) is 0 Å². The van der Waals surface area contributed by atoms with Gasteiger partial charge in [0.25, 0.3) is 0 Å². The van der Waals surface area contributed by atoms with Gasteiger partial charge >= 0.3 is 0 Å². The Balaban J connectivity index is 1.98. The summed E-state index contributed by atoms with van der Waals surface area (Å²) in [7, 11) is 3.73. The van der Waals surface area contributed by atoms with Gasteiger partial charge in [0.15, 0.2) is 5.96 Å². The Bertz CT molecular complexity index is 743. The Morgan fingerprint density at radius 3 is 2.64 bits per heavy atom. The first-order chi connectivity index (χ1) is 13.6. The van der Waals surface area contributed by atoms with Crippen LogP contribution in [-0.2, 0) is 17.8 Å². The maximum atomic E-state index is 5.80. The van der Waals surface area contributed by atoms with E-state index in [0.717, 1.165) is 42.7 Å². The number of hydrogen-bond donors (Lipinski definition) is 1. The molecule has 1 aromatic carbocycles. The number of aromatic nitrogens is 2. The van der Waals surface area contributed by atoms with Crippen LogP contribution in [0.5, 0.6) is 5.75 Å². The summed E-state index contributed by atoms with van der Waals surface area (Å²) < 4.78 is 13.0. The summed E-state index contributed by atoms with van der Waals surface area (Å²) >= 11 is 0. The average molecular weight is 388 g/mol. The normalized spacial score (nSPS) is 11.5. The number of aliphatic imine (C=N–C) groups is 1. The molecule has 7 heteroatoms. The van der Waals surface area contributed by atoms with Gasteiger partial charge in [-0.3, -0.25) is 4.68 Å². The van der Waals surface area contributed by atoms with E-state index in [0.29, 0.717) is 19.8 Å². The third-order valence-electron chi connectivity index (χ3n) is 4.56. The molecular weight excluding hydrogens is 354 g/mol. The summed E-state index contributed by atoms with van der Waals surface area (Å²) in [5.41, 5.74) is 3.33. The minimum absolute atomic E-state index is 0.594. The van der Waals surface area contributed by atoms with Crippen molar-refractivity contribution in [3.63, 3.8) is 0 Å². The SMILES string of the molecule is CCNC(=NCc1c(C)nn(CCOC)c1C)N(C)CCOc1ccccc1. The molecule has 7 nitrogen and oxygen atoms in total. The molecule has 0 aliphatic carbocycles. The molecule has 0 aliphatic rings. The van der Waals surface area contributed by atoms with Crippen LogP contribution in [0.2, 0.25) is 0 Å². The Kier molecular flexibility index (Phi) is 8.81. The van der Waals surface area contributed by atoms with Crippen molar-refractivity contribution in [2.75, 3.05) is 40.5 Å². The van der Waals surface area contributed by atoms with E-state index in [9.17, 15) is 0 Å². The van der Waals surface area contributed by atoms with Gasteiger partial charge in [-0.2, -0.15) is 5.10 Å². The molecule has 0 radical (unpaired) electrons. The van der Waals surface area contributed by atoms with Gasteiger partial charge in [0.05, 0.1) is 31.9 Å². The van der Waals surface area contributed by atoms with E-state index in [-0.39, 0.29) is 0 Å². The summed E-state index contributed by atoms with van der Waals surface area (Å²) in [5.74, 6) is 1.75. The van der Waals surface area contributed by atoms with Crippen molar-refractivity contribution in [1.29, 1.82) is 0 Å². The molecule has 0 atom stereocenters. The highest BCUT2D eigenvalue weighted by atomic mass is 16.5. The highest BCUT2D eigenvalue weighted by Gasteiger charge is 2.12. The minimum Gasteiger partial charge on any atom is -0.492 e. The van der Waals surface area contributed by atoms with Crippen LogP contribution in [0.3, 0.4) is 0 Å². The van der Waals surface area contributed by atoms with Crippen LogP contribution in [-0.4, -0.2) is 61.1 Å². The lowest BCUT2D eigenvalue weighted by atomic mass is 10.2. The molecule has 0 unspecified atom stereocenters. The molecule has 0 fully saturated rings. The van der Waals surface area contributed by atoms with E-state index in [1.165, 1.54) is 5.56 Å². The van der Waals surface area contributed by atoms with Crippen molar-refractivity contribution < 1.29 is 9.47 Å². The monoisotopic (exact) mass is 387 g/mol. The highest BCUT2D eigenvalue weighted by Crippen LogP contribution is 2.14. The molecule has 0 saturated heterocycles. The Labute approximate surface area is 168 Å². The number of ether oxygens (including phenoxy) is 2. The van der Waals surface area contributed by atoms with Gasteiger partial charge in [0.1, 0.15) is 12.4 Å². The van der Waals surface area contributed by atoms with Crippen LogP contribution in [0.4, 0.5) is 0 Å². The number of nitrogens with zero attached hydrogens (tertiary/aromatic N) is 4. The number of rotatable bonds is 10. The molecule has 1 aromatic heterocycles. The molecule has 1 N–H and O–H groups in total. The predicted octanol–water partition coefficient (Wildman–Crippen LogP) is 2.62. The van der Waals surface area contributed by atoms with Gasteiger partial charge in [-0.1, -0.05) is 18.2 Å². The predicted molar refractivity (Wildman–Crippen MR) is 113 cm³/mol. The molecule has 2 aromatic rings. The lowest BCUT2D eigenvalue weighted by Gasteiger charge is -2.22. The molecule has 28 heavy (non-hydrogen) atoms. The Hall–Kier alpha value is -2.54. The number of aryl methyl sites for hydroxylation is 1. The number of hydrogen-bond acceptors (Lipinski definition) is 4. The van der Waals surface area contributed by atoms with Crippen molar-refractivity contribution in [3.8, 4) is 5.75 Å². The van der Waals surface area contributed by atoms with Gasteiger partial charge in [0, 0.05) is 32.0 Å². The zero-order valence-electron chi connectivity index (χ0n) is 17.7. The molecule has 0 bridgehead atoms. The second-order valence-electron chi connectivity index (χ2n) is 6.62. The van der Waals surface area contributed by atoms with Gasteiger partial charge in [-0.05, 0) is 32.9 Å². The van der Waals surface area contributed by atoms with Gasteiger partial charge in [-0.15, -0.1) is 0 Å². The number of guanidine groups is 1. The number of methoxy groups -OCH3 is 1. The third-order valence-corrected chi connectivity index (χ3v) is 4.56. The molecule has 154 valence electrons. The molecule has 0 aliphatic heterocycles. The van der Waals surface area contributed by atoms with Crippen molar-refractivity contribution in [3.05, 3.63) is 47.3 Å². The quantitative estimate of drug-likeness (QED) is 0.502. The summed E-state index contributed by atoms with van der Waals surface area (Å²) in [5, 5.41) is 7.97. The van der Waals surface area contributed by atoms with E-state index in [2.05, 4.69) is 29.2 Å². The molecule has 0 saturated carbocycles. The molecule has 2 rings (SSSR count). The fourth-order valence-corrected chi connectivity index (χ4v) is 2.90. The third kappa shape index (κ3) is 6.27. The van der Waals surface area contributed by atoms with E-state index in [1.807, 2.05) is 49.0 Å². The van der Waals surface area contributed by atoms with Crippen LogP contribution < -0.4 is 10.1 Å². The largest absolute Gasteiger partial charge is 0.492 e. The lowest BCUT2D eigenvalue weighted by Crippen LogP contribution is -2.40. The fraction of sp³-hybridized carbons (Fsp3) is 0.524. The standard InChI is InChI=1S/C21H33N5O2/c1-6-22-21(25(4)12-15-28-19-10-8-7-9-11-19)23-16-20-17(2)24-26(18(20)3)13-14-27-5/h7-11H,6,12-16H2,1-5H3,(H,22,23). The van der Waals surface area contributed by atoms with Crippen LogP contribution in [0, 0.1) is 13.8 Å². The van der Waals surface area contributed by atoms with Crippen LogP contribution in [0.1, 0.15) is 23.9 Å². The Morgan fingerprint density at radius 2 is 1.96 bits per heavy atom. The van der Waals surface area contributed by atoms with Crippen molar-refractivity contribution in [2.45, 2.75) is 33.9 Å². The number of para-hydroxylation sites is 1. The number of likely N-dealkylation sites (N-methyl/N-ethyl adjacent to an activating group) is 1. The van der Waals surface area contributed by atoms with Crippen LogP contribution >= 0.6 is 0 Å². The zero-order chi connectivity index (χ0) is 20.4. The molecular formula is C21H33N5O2. The first kappa shape index (κ1) is 21.8. The summed E-state index contributed by atoms with van der Waals surface area (Å²) in [6.07, 6.45) is 0. The fourth-order valence-electron chi connectivity index (χ4n) is 2.90. The number of benzene rings is 1. The molecule has 0 spiro atoms. The van der Waals surface area contributed by atoms with E-state index in [4.69, 9.17) is 14.5 Å². The average Bonchev–Trinajstić information content (AvgIpc) is 2.97. The van der Waals surface area contributed by atoms with Crippen molar-refractivity contribution >= 4 is 5.96 Å². The first-order valence-electron chi connectivity index (χ1n) is 9.75. The molecule has 1 heterocycles. The highest BCUT2D eigenvalue weighted by molar-refractivity contribution is 5.79. The van der Waals surface area contributed by atoms with Gasteiger partial charge < -0.3 is 19.7 Å². The van der Waals surface area contributed by atoms with Crippen molar-refractivity contribution in [1.82, 2.24) is 20.0 Å². The Morgan fingerprint density at radius 1 is 1.21 bits per heavy atom. The second kappa shape index (κ2) is 11.3. The minimum atomic E-state index is 0.594. The molecule has 0 amide bonds. The van der Waals surface area contributed by atoms with E-state index in [1.54, 1.807) is 7.11 Å². The smallest absolute Gasteiger partial charge is 0.194 e. The maximum absolute atomic E-state index is 5.80. The number of nitrogens with one attached hydrogen (secondary N) is 1. The van der Waals surface area contributed by atoms with Gasteiger partial charge in [-0.25, -0.2) is 4.99 Å². The summed E-state index contributed by atoms with van der Waals surface area (Å²) in [4.78, 5) is 6.91. The lowest BCUT2D eigenvalue weighted by molar-refractivity contribution is 0.182. The van der Waals surface area contributed by atoms with E-state index < -0.39 is 0 Å². The second-order valence-corrected chi connectivity index (χ2v) is 6.62. The first-order valence-corrected chi connectivity index (χ1v) is 9.75. The van der Waals surface area contributed by atoms with Crippen LogP contribution in [0.25, 0.3) is 0 Å². The van der Waals surface area contributed by atoms with Crippen LogP contribution in [0.15, 0.2) is 35.3 Å².